The molecule has 2 unspecified atom stereocenters. The predicted molar refractivity (Wildman–Crippen MR) is 88.4 cm³/mol. The van der Waals surface area contributed by atoms with Crippen molar-refractivity contribution in [3.8, 4) is 0 Å². The highest BCUT2D eigenvalue weighted by molar-refractivity contribution is 7.85. The summed E-state index contributed by atoms with van der Waals surface area (Å²) < 4.78 is 38.6. The van der Waals surface area contributed by atoms with Gasteiger partial charge in [-0.05, 0) is 48.1 Å². The van der Waals surface area contributed by atoms with Gasteiger partial charge in [-0.1, -0.05) is 41.9 Å². The fourth-order valence-electron chi connectivity index (χ4n) is 3.05. The Morgan fingerprint density at radius 2 is 1.87 bits per heavy atom. The van der Waals surface area contributed by atoms with E-state index < -0.39 is 10.1 Å². The molecule has 1 fully saturated rings. The van der Waals surface area contributed by atoms with Crippen LogP contribution in [0.15, 0.2) is 53.4 Å². The van der Waals surface area contributed by atoms with Crippen LogP contribution in [0.3, 0.4) is 0 Å². The lowest BCUT2D eigenvalue weighted by Gasteiger charge is -2.31. The van der Waals surface area contributed by atoms with Gasteiger partial charge in [0, 0.05) is 11.6 Å². The van der Waals surface area contributed by atoms with Gasteiger partial charge in [-0.25, -0.2) is 0 Å². The Bertz CT molecular complexity index is 789. The summed E-state index contributed by atoms with van der Waals surface area (Å²) in [7, 11) is -4.28. The minimum atomic E-state index is -4.28. The number of halogens is 1. The van der Waals surface area contributed by atoms with E-state index in [4.69, 9.17) is 16.3 Å². The molecule has 2 aromatic rings. The monoisotopic (exact) mass is 352 g/mol. The molecule has 0 aliphatic carbocycles. The molecule has 1 aliphatic heterocycles. The molecule has 23 heavy (non-hydrogen) atoms. The first kappa shape index (κ1) is 16.5. The fourth-order valence-corrected chi connectivity index (χ4v) is 4.00. The first-order chi connectivity index (χ1) is 10.9. The molecule has 0 aromatic heterocycles. The standard InChI is InChI=1S/C17H17ClO4S/c18-14-6-7-17(23(19,20)21)15(11-14)13-8-9-22-16(10-13)12-4-2-1-3-5-12/h1-7,11,13,16H,8-10H2,(H,19,20,21). The minimum Gasteiger partial charge on any atom is -0.373 e. The van der Waals surface area contributed by atoms with E-state index in [1.165, 1.54) is 12.1 Å². The van der Waals surface area contributed by atoms with E-state index in [-0.39, 0.29) is 16.9 Å². The molecule has 6 heteroatoms. The second-order valence-electron chi connectivity index (χ2n) is 5.65. The van der Waals surface area contributed by atoms with Crippen LogP contribution in [0.5, 0.6) is 0 Å². The third-order valence-electron chi connectivity index (χ3n) is 4.14. The Hall–Kier alpha value is -1.40. The van der Waals surface area contributed by atoms with Crippen molar-refractivity contribution >= 4 is 21.7 Å². The maximum atomic E-state index is 11.6. The Labute approximate surface area is 140 Å². The smallest absolute Gasteiger partial charge is 0.294 e. The number of benzene rings is 2. The molecule has 0 radical (unpaired) electrons. The highest BCUT2D eigenvalue weighted by Crippen LogP contribution is 2.40. The summed E-state index contributed by atoms with van der Waals surface area (Å²) in [6.07, 6.45) is 1.24. The van der Waals surface area contributed by atoms with E-state index in [2.05, 4.69) is 0 Å². The molecule has 0 amide bonds. The van der Waals surface area contributed by atoms with Gasteiger partial charge in [-0.15, -0.1) is 0 Å². The largest absolute Gasteiger partial charge is 0.373 e. The van der Waals surface area contributed by atoms with E-state index in [1.54, 1.807) is 6.07 Å². The first-order valence-corrected chi connectivity index (χ1v) is 9.20. The van der Waals surface area contributed by atoms with E-state index in [0.717, 1.165) is 5.56 Å². The van der Waals surface area contributed by atoms with Gasteiger partial charge in [-0.2, -0.15) is 8.42 Å². The molecule has 1 N–H and O–H groups in total. The molecular formula is C17H17ClO4S. The van der Waals surface area contributed by atoms with Gasteiger partial charge in [-0.3, -0.25) is 4.55 Å². The second-order valence-corrected chi connectivity index (χ2v) is 7.48. The van der Waals surface area contributed by atoms with Crippen LogP contribution in [0.1, 0.15) is 36.0 Å². The van der Waals surface area contributed by atoms with E-state index in [0.29, 0.717) is 30.0 Å². The van der Waals surface area contributed by atoms with Gasteiger partial charge in [0.25, 0.3) is 10.1 Å². The van der Waals surface area contributed by atoms with E-state index in [1.807, 2.05) is 30.3 Å². The maximum absolute atomic E-state index is 11.6. The molecule has 1 aliphatic rings. The SMILES string of the molecule is O=S(=O)(O)c1ccc(Cl)cc1C1CCOC(c2ccccc2)C1. The molecular weight excluding hydrogens is 336 g/mol. The number of hydrogen-bond donors (Lipinski definition) is 1. The summed E-state index contributed by atoms with van der Waals surface area (Å²) in [4.78, 5) is -0.0689. The van der Waals surface area contributed by atoms with Gasteiger partial charge in [0.1, 0.15) is 0 Å². The Morgan fingerprint density at radius 3 is 2.57 bits per heavy atom. The van der Waals surface area contributed by atoms with Crippen LogP contribution in [0.25, 0.3) is 0 Å². The van der Waals surface area contributed by atoms with Crippen molar-refractivity contribution in [1.82, 2.24) is 0 Å². The lowest BCUT2D eigenvalue weighted by Crippen LogP contribution is -2.20. The van der Waals surface area contributed by atoms with Crippen LogP contribution in [-0.4, -0.2) is 19.6 Å². The summed E-state index contributed by atoms with van der Waals surface area (Å²) in [5.74, 6) is -0.0374. The van der Waals surface area contributed by atoms with Gasteiger partial charge in [0.05, 0.1) is 11.0 Å². The molecule has 0 saturated carbocycles. The first-order valence-electron chi connectivity index (χ1n) is 7.38. The van der Waals surface area contributed by atoms with Crippen LogP contribution in [-0.2, 0) is 14.9 Å². The van der Waals surface area contributed by atoms with Crippen LogP contribution in [0, 0.1) is 0 Å². The fraction of sp³-hybridized carbons (Fsp3) is 0.294. The summed E-state index contributed by atoms with van der Waals surface area (Å²) in [6.45, 7) is 0.529. The second kappa shape index (κ2) is 6.61. The lowest BCUT2D eigenvalue weighted by molar-refractivity contribution is 0.00485. The van der Waals surface area contributed by atoms with Crippen LogP contribution in [0.4, 0.5) is 0 Å². The summed E-state index contributed by atoms with van der Waals surface area (Å²) in [6, 6.07) is 14.3. The van der Waals surface area contributed by atoms with Crippen molar-refractivity contribution in [3.05, 3.63) is 64.7 Å². The molecule has 1 heterocycles. The number of hydrogen-bond acceptors (Lipinski definition) is 3. The molecule has 122 valence electrons. The van der Waals surface area contributed by atoms with E-state index >= 15 is 0 Å². The molecule has 2 atom stereocenters. The van der Waals surface area contributed by atoms with Crippen LogP contribution >= 0.6 is 11.6 Å². The van der Waals surface area contributed by atoms with Crippen LogP contribution in [0.2, 0.25) is 5.02 Å². The summed E-state index contributed by atoms with van der Waals surface area (Å²) in [5, 5.41) is 0.454. The molecule has 4 nitrogen and oxygen atoms in total. The highest BCUT2D eigenvalue weighted by atomic mass is 35.5. The molecule has 0 spiro atoms. The minimum absolute atomic E-state index is 0.0374. The Kier molecular flexibility index (Phi) is 4.73. The highest BCUT2D eigenvalue weighted by Gasteiger charge is 2.29. The summed E-state index contributed by atoms with van der Waals surface area (Å²) >= 11 is 6.03. The topological polar surface area (TPSA) is 63.6 Å². The van der Waals surface area contributed by atoms with Crippen molar-refractivity contribution in [1.29, 1.82) is 0 Å². The van der Waals surface area contributed by atoms with Gasteiger partial charge in [0.2, 0.25) is 0 Å². The molecule has 3 rings (SSSR count). The molecule has 2 aromatic carbocycles. The van der Waals surface area contributed by atoms with Gasteiger partial charge < -0.3 is 4.74 Å². The third-order valence-corrected chi connectivity index (χ3v) is 5.31. The Morgan fingerprint density at radius 1 is 1.13 bits per heavy atom. The van der Waals surface area contributed by atoms with Crippen LogP contribution < -0.4 is 0 Å². The maximum Gasteiger partial charge on any atom is 0.294 e. The lowest BCUT2D eigenvalue weighted by atomic mass is 9.86. The van der Waals surface area contributed by atoms with Crippen molar-refractivity contribution in [2.24, 2.45) is 0 Å². The number of rotatable bonds is 3. The zero-order valence-corrected chi connectivity index (χ0v) is 13.9. The molecule has 1 saturated heterocycles. The van der Waals surface area contributed by atoms with E-state index in [9.17, 15) is 13.0 Å². The summed E-state index contributed by atoms with van der Waals surface area (Å²) in [5.41, 5.74) is 1.62. The normalized spacial score (nSPS) is 22.0. The quantitative estimate of drug-likeness (QED) is 0.840. The predicted octanol–water partition coefficient (Wildman–Crippen LogP) is 4.22. The van der Waals surface area contributed by atoms with Crippen molar-refractivity contribution in [2.45, 2.75) is 29.8 Å². The zero-order valence-electron chi connectivity index (χ0n) is 12.4. The number of ether oxygens (including phenoxy) is 1. The van der Waals surface area contributed by atoms with Crippen molar-refractivity contribution in [2.75, 3.05) is 6.61 Å². The van der Waals surface area contributed by atoms with Gasteiger partial charge in [0.15, 0.2) is 0 Å². The van der Waals surface area contributed by atoms with Crippen molar-refractivity contribution in [3.63, 3.8) is 0 Å². The zero-order chi connectivity index (χ0) is 16.4. The van der Waals surface area contributed by atoms with Crippen molar-refractivity contribution < 1.29 is 17.7 Å². The Balaban J connectivity index is 1.94. The average molecular weight is 353 g/mol. The third kappa shape index (κ3) is 3.75. The van der Waals surface area contributed by atoms with Gasteiger partial charge >= 0.3 is 0 Å². The average Bonchev–Trinajstić information content (AvgIpc) is 2.54. The molecule has 0 bridgehead atoms.